The summed E-state index contributed by atoms with van der Waals surface area (Å²) in [5, 5.41) is 10.3. The van der Waals surface area contributed by atoms with E-state index in [9.17, 15) is 9.90 Å². The molecule has 1 radical (unpaired) electrons. The van der Waals surface area contributed by atoms with Gasteiger partial charge in [0.25, 0.3) is 0 Å². The maximum atomic E-state index is 10.4. The second kappa shape index (κ2) is 8.73. The van der Waals surface area contributed by atoms with E-state index in [2.05, 4.69) is 26.0 Å². The Bertz CT molecular complexity index is 367. The number of benzene rings is 1. The molecule has 0 aliphatic carbocycles. The first-order chi connectivity index (χ1) is 9.22. The van der Waals surface area contributed by atoms with Gasteiger partial charge >= 0.3 is 0 Å². The van der Waals surface area contributed by atoms with Gasteiger partial charge in [-0.2, -0.15) is 0 Å². The third kappa shape index (κ3) is 5.06. The molecule has 0 bridgehead atoms. The van der Waals surface area contributed by atoms with Gasteiger partial charge in [0.2, 0.25) is 0 Å². The number of phenolic OH excluding ortho intramolecular Hbond substituents is 1. The Kier molecular flexibility index (Phi) is 7.24. The van der Waals surface area contributed by atoms with Gasteiger partial charge in [-0.15, -0.1) is 0 Å². The third-order valence-electron chi connectivity index (χ3n) is 3.44. The molecule has 19 heavy (non-hydrogen) atoms. The van der Waals surface area contributed by atoms with Crippen molar-refractivity contribution in [3.05, 3.63) is 28.8 Å². The molecule has 2 nitrogen and oxygen atoms in total. The average molecular weight is 261 g/mol. The van der Waals surface area contributed by atoms with Gasteiger partial charge in [0, 0.05) is 6.42 Å². The number of hydrogen-bond acceptors (Lipinski definition) is 2. The number of aromatic hydroxyl groups is 1. The molecular weight excluding hydrogens is 236 g/mol. The SMILES string of the molecule is CCCCc1cc(CC[C]=O)cc(CCCC)c1O. The predicted molar refractivity (Wildman–Crippen MR) is 79.3 cm³/mol. The summed E-state index contributed by atoms with van der Waals surface area (Å²) >= 11 is 0. The van der Waals surface area contributed by atoms with Crippen molar-refractivity contribution in [2.45, 2.75) is 65.2 Å². The molecule has 0 aromatic heterocycles. The molecule has 0 fully saturated rings. The molecule has 0 atom stereocenters. The summed E-state index contributed by atoms with van der Waals surface area (Å²) in [5.74, 6) is 0.473. The van der Waals surface area contributed by atoms with Gasteiger partial charge in [-0.1, -0.05) is 38.8 Å². The summed E-state index contributed by atoms with van der Waals surface area (Å²) in [4.78, 5) is 10.4. The van der Waals surface area contributed by atoms with E-state index in [1.165, 1.54) is 0 Å². The van der Waals surface area contributed by atoms with Crippen LogP contribution in [0.1, 0.15) is 62.6 Å². The van der Waals surface area contributed by atoms with E-state index in [1.54, 1.807) is 0 Å². The molecular formula is C17H25O2. The molecule has 1 aromatic carbocycles. The van der Waals surface area contributed by atoms with E-state index in [4.69, 9.17) is 0 Å². The van der Waals surface area contributed by atoms with Crippen LogP contribution in [0.2, 0.25) is 0 Å². The van der Waals surface area contributed by atoms with Crippen LogP contribution in [0.4, 0.5) is 0 Å². The minimum absolute atomic E-state index is 0.436. The highest BCUT2D eigenvalue weighted by Crippen LogP contribution is 2.28. The molecule has 0 amide bonds. The Labute approximate surface area is 116 Å². The molecule has 0 saturated carbocycles. The first-order valence-corrected chi connectivity index (χ1v) is 7.41. The van der Waals surface area contributed by atoms with Crippen LogP contribution in [0, 0.1) is 0 Å². The maximum Gasteiger partial charge on any atom is 0.198 e. The van der Waals surface area contributed by atoms with Crippen LogP contribution in [-0.4, -0.2) is 11.4 Å². The lowest BCUT2D eigenvalue weighted by molar-refractivity contribution is 0.458. The quantitative estimate of drug-likeness (QED) is 0.726. The zero-order valence-electron chi connectivity index (χ0n) is 12.2. The standard InChI is InChI=1S/C17H25O2/c1-3-5-9-15-12-14(8-7-11-18)13-16(17(15)19)10-6-4-2/h12-13,19H,3-10H2,1-2H3. The minimum atomic E-state index is 0.436. The van der Waals surface area contributed by atoms with Crippen molar-refractivity contribution in [2.24, 2.45) is 0 Å². The highest BCUT2D eigenvalue weighted by molar-refractivity contribution is 5.52. The van der Waals surface area contributed by atoms with Crippen LogP contribution in [-0.2, 0) is 24.1 Å². The van der Waals surface area contributed by atoms with Gasteiger partial charge in [0.05, 0.1) is 0 Å². The molecule has 105 valence electrons. The summed E-state index contributed by atoms with van der Waals surface area (Å²) in [5.41, 5.74) is 3.23. The van der Waals surface area contributed by atoms with E-state index in [-0.39, 0.29) is 0 Å². The van der Waals surface area contributed by atoms with E-state index >= 15 is 0 Å². The summed E-state index contributed by atoms with van der Waals surface area (Å²) in [6, 6.07) is 4.11. The normalized spacial score (nSPS) is 10.6. The minimum Gasteiger partial charge on any atom is -0.507 e. The van der Waals surface area contributed by atoms with Crippen molar-refractivity contribution in [1.82, 2.24) is 0 Å². The second-order valence-corrected chi connectivity index (χ2v) is 5.11. The number of rotatable bonds is 9. The van der Waals surface area contributed by atoms with Gasteiger partial charge in [-0.05, 0) is 48.8 Å². The molecule has 0 aliphatic rings. The van der Waals surface area contributed by atoms with Crippen LogP contribution >= 0.6 is 0 Å². The van der Waals surface area contributed by atoms with Crippen LogP contribution in [0.15, 0.2) is 12.1 Å². The largest absolute Gasteiger partial charge is 0.507 e. The van der Waals surface area contributed by atoms with Gasteiger partial charge in [-0.3, -0.25) is 4.79 Å². The second-order valence-electron chi connectivity index (χ2n) is 5.11. The molecule has 0 saturated heterocycles. The van der Waals surface area contributed by atoms with E-state index < -0.39 is 0 Å². The Hall–Kier alpha value is -1.31. The number of unbranched alkanes of at least 4 members (excludes halogenated alkanes) is 2. The molecule has 0 unspecified atom stereocenters. The Morgan fingerprint density at radius 1 is 1.00 bits per heavy atom. The van der Waals surface area contributed by atoms with Gasteiger partial charge in [0.1, 0.15) is 5.75 Å². The van der Waals surface area contributed by atoms with Crippen LogP contribution in [0.3, 0.4) is 0 Å². The number of hydrogen-bond donors (Lipinski definition) is 1. The molecule has 0 spiro atoms. The highest BCUT2D eigenvalue weighted by Gasteiger charge is 2.09. The van der Waals surface area contributed by atoms with Crippen molar-refractivity contribution >= 4 is 6.29 Å². The fourth-order valence-corrected chi connectivity index (χ4v) is 2.29. The van der Waals surface area contributed by atoms with Gasteiger partial charge in [0.15, 0.2) is 6.29 Å². The highest BCUT2D eigenvalue weighted by atomic mass is 16.3. The first-order valence-electron chi connectivity index (χ1n) is 7.41. The maximum absolute atomic E-state index is 10.4. The summed E-state index contributed by atoms with van der Waals surface area (Å²) in [6.07, 6.45) is 9.35. The van der Waals surface area contributed by atoms with Gasteiger partial charge in [-0.25, -0.2) is 0 Å². The van der Waals surface area contributed by atoms with Crippen molar-refractivity contribution in [2.75, 3.05) is 0 Å². The molecule has 1 rings (SSSR count). The van der Waals surface area contributed by atoms with Crippen LogP contribution in [0.5, 0.6) is 5.75 Å². The number of carbonyl (C=O) groups excluding carboxylic acids is 1. The summed E-state index contributed by atoms with van der Waals surface area (Å²) in [6.45, 7) is 4.31. The Morgan fingerprint density at radius 3 is 1.95 bits per heavy atom. The predicted octanol–water partition coefficient (Wildman–Crippen LogP) is 4.12. The molecule has 0 aliphatic heterocycles. The zero-order chi connectivity index (χ0) is 14.1. The Morgan fingerprint density at radius 2 is 1.53 bits per heavy atom. The lowest BCUT2D eigenvalue weighted by atomic mass is 9.95. The topological polar surface area (TPSA) is 37.3 Å². The average Bonchev–Trinajstić information content (AvgIpc) is 2.43. The van der Waals surface area contributed by atoms with Crippen molar-refractivity contribution in [3.8, 4) is 5.75 Å². The van der Waals surface area contributed by atoms with Crippen molar-refractivity contribution < 1.29 is 9.90 Å². The van der Waals surface area contributed by atoms with Crippen molar-refractivity contribution in [1.29, 1.82) is 0 Å². The lowest BCUT2D eigenvalue weighted by Crippen LogP contribution is -1.97. The Balaban J connectivity index is 2.95. The van der Waals surface area contributed by atoms with E-state index in [0.717, 1.165) is 61.6 Å². The summed E-state index contributed by atoms with van der Waals surface area (Å²) in [7, 11) is 0. The van der Waals surface area contributed by atoms with Crippen LogP contribution < -0.4 is 0 Å². The number of aryl methyl sites for hydroxylation is 3. The smallest absolute Gasteiger partial charge is 0.198 e. The first kappa shape index (κ1) is 15.7. The van der Waals surface area contributed by atoms with Gasteiger partial charge < -0.3 is 5.11 Å². The fourth-order valence-electron chi connectivity index (χ4n) is 2.29. The molecule has 1 N–H and O–H groups in total. The monoisotopic (exact) mass is 261 g/mol. The van der Waals surface area contributed by atoms with E-state index in [0.29, 0.717) is 12.2 Å². The lowest BCUT2D eigenvalue weighted by Gasteiger charge is -2.12. The molecule has 2 heteroatoms. The molecule has 1 aromatic rings. The zero-order valence-corrected chi connectivity index (χ0v) is 12.2. The number of phenols is 1. The molecule has 0 heterocycles. The van der Waals surface area contributed by atoms with Crippen molar-refractivity contribution in [3.63, 3.8) is 0 Å². The van der Waals surface area contributed by atoms with Crippen LogP contribution in [0.25, 0.3) is 0 Å². The summed E-state index contributed by atoms with van der Waals surface area (Å²) < 4.78 is 0. The third-order valence-corrected chi connectivity index (χ3v) is 3.44. The van der Waals surface area contributed by atoms with E-state index in [1.807, 2.05) is 6.29 Å². The fraction of sp³-hybridized carbons (Fsp3) is 0.588.